The summed E-state index contributed by atoms with van der Waals surface area (Å²) in [5.74, 6) is 1.07. The Kier molecular flexibility index (Phi) is 7.32. The van der Waals surface area contributed by atoms with Crippen molar-refractivity contribution in [3.05, 3.63) is 78.1 Å². The van der Waals surface area contributed by atoms with Crippen LogP contribution in [-0.4, -0.2) is 64.5 Å². The van der Waals surface area contributed by atoms with Crippen molar-refractivity contribution < 1.29 is 18.7 Å². The molecule has 9 heteroatoms. The number of benzene rings is 3. The van der Waals surface area contributed by atoms with Crippen LogP contribution in [0.5, 0.6) is 11.5 Å². The van der Waals surface area contributed by atoms with Gasteiger partial charge in [-0.1, -0.05) is 12.1 Å². The van der Waals surface area contributed by atoms with Crippen molar-refractivity contribution in [1.82, 2.24) is 10.2 Å². The number of urea groups is 1. The van der Waals surface area contributed by atoms with E-state index in [-0.39, 0.29) is 24.7 Å². The molecule has 5 rings (SSSR count). The van der Waals surface area contributed by atoms with Gasteiger partial charge in [-0.2, -0.15) is 0 Å². The standard InChI is InChI=1S/C28H32FN5O3/c1-32(2)23-8-3-20(4-9-23)25(34-15-13-33(14-16-34)24-10-5-21(29)6-11-24)18-30-28(35)31-22-7-12-26-27(17-22)37-19-36-26/h3-12,17,25H,13-16,18-19H2,1-2H3,(H2,30,31,35). The summed E-state index contributed by atoms with van der Waals surface area (Å²) in [4.78, 5) is 19.5. The predicted molar refractivity (Wildman–Crippen MR) is 143 cm³/mol. The molecule has 37 heavy (non-hydrogen) atoms. The molecule has 194 valence electrons. The molecule has 2 N–H and O–H groups in total. The Hall–Kier alpha value is -3.98. The van der Waals surface area contributed by atoms with Crippen molar-refractivity contribution in [1.29, 1.82) is 0 Å². The van der Waals surface area contributed by atoms with Gasteiger partial charge in [0.1, 0.15) is 5.82 Å². The Morgan fingerprint density at radius 1 is 0.946 bits per heavy atom. The summed E-state index contributed by atoms with van der Waals surface area (Å²) in [6, 6.07) is 20.2. The zero-order chi connectivity index (χ0) is 25.8. The third-order valence-electron chi connectivity index (χ3n) is 6.83. The highest BCUT2D eigenvalue weighted by atomic mass is 19.1. The smallest absolute Gasteiger partial charge is 0.319 e. The van der Waals surface area contributed by atoms with E-state index < -0.39 is 0 Å². The number of hydrogen-bond donors (Lipinski definition) is 2. The number of nitrogens with zero attached hydrogens (tertiary/aromatic N) is 3. The number of piperazine rings is 1. The minimum absolute atomic E-state index is 0.00841. The van der Waals surface area contributed by atoms with Crippen LogP contribution in [0.4, 0.5) is 26.2 Å². The number of rotatable bonds is 7. The molecule has 0 radical (unpaired) electrons. The van der Waals surface area contributed by atoms with E-state index in [1.54, 1.807) is 18.2 Å². The Morgan fingerprint density at radius 2 is 1.65 bits per heavy atom. The van der Waals surface area contributed by atoms with E-state index in [9.17, 15) is 9.18 Å². The SMILES string of the molecule is CN(C)c1ccc(C(CNC(=O)Nc2ccc3c(c2)OCO3)N2CCN(c3ccc(F)cc3)CC2)cc1. The van der Waals surface area contributed by atoms with Crippen molar-refractivity contribution in [3.63, 3.8) is 0 Å². The summed E-state index contributed by atoms with van der Waals surface area (Å²) in [6.07, 6.45) is 0. The van der Waals surface area contributed by atoms with Gasteiger partial charge in [-0.3, -0.25) is 4.90 Å². The largest absolute Gasteiger partial charge is 0.454 e. The minimum Gasteiger partial charge on any atom is -0.454 e. The average Bonchev–Trinajstić information content (AvgIpc) is 3.38. The summed E-state index contributed by atoms with van der Waals surface area (Å²) in [6.45, 7) is 3.93. The molecule has 0 bridgehead atoms. The first-order valence-corrected chi connectivity index (χ1v) is 12.4. The maximum Gasteiger partial charge on any atom is 0.319 e. The van der Waals surface area contributed by atoms with E-state index in [0.717, 1.165) is 43.1 Å². The Morgan fingerprint density at radius 3 is 2.35 bits per heavy atom. The van der Waals surface area contributed by atoms with E-state index in [0.29, 0.717) is 23.7 Å². The number of halogens is 1. The highest BCUT2D eigenvalue weighted by Crippen LogP contribution is 2.34. The molecule has 0 spiro atoms. The van der Waals surface area contributed by atoms with Gasteiger partial charge >= 0.3 is 6.03 Å². The van der Waals surface area contributed by atoms with E-state index in [1.807, 2.05) is 26.2 Å². The Bertz CT molecular complexity index is 1210. The van der Waals surface area contributed by atoms with Crippen molar-refractivity contribution >= 4 is 23.1 Å². The molecule has 1 fully saturated rings. The van der Waals surface area contributed by atoms with E-state index in [1.165, 1.54) is 12.1 Å². The van der Waals surface area contributed by atoms with Gasteiger partial charge in [0.15, 0.2) is 11.5 Å². The zero-order valence-electron chi connectivity index (χ0n) is 21.1. The number of carbonyl (C=O) groups excluding carboxylic acids is 1. The van der Waals surface area contributed by atoms with Crippen molar-refractivity contribution in [3.8, 4) is 11.5 Å². The third kappa shape index (κ3) is 5.89. The molecule has 0 aromatic heterocycles. The molecule has 2 aliphatic rings. The Balaban J connectivity index is 1.25. The van der Waals surface area contributed by atoms with Crippen molar-refractivity contribution in [2.24, 2.45) is 0 Å². The van der Waals surface area contributed by atoms with E-state index >= 15 is 0 Å². The topological polar surface area (TPSA) is 69.3 Å². The molecule has 3 aromatic carbocycles. The van der Waals surface area contributed by atoms with Gasteiger partial charge in [0.25, 0.3) is 0 Å². The van der Waals surface area contributed by atoms with Gasteiger partial charge in [0.05, 0.1) is 6.04 Å². The molecule has 1 atom stereocenters. The summed E-state index contributed by atoms with van der Waals surface area (Å²) in [5.41, 5.74) is 3.93. The van der Waals surface area contributed by atoms with Crippen LogP contribution in [0.2, 0.25) is 0 Å². The second-order valence-electron chi connectivity index (χ2n) is 9.40. The summed E-state index contributed by atoms with van der Waals surface area (Å²) >= 11 is 0. The van der Waals surface area contributed by atoms with Crippen LogP contribution in [0.25, 0.3) is 0 Å². The van der Waals surface area contributed by atoms with Crippen molar-refractivity contribution in [2.75, 3.05) is 68.7 Å². The van der Waals surface area contributed by atoms with Crippen molar-refractivity contribution in [2.45, 2.75) is 6.04 Å². The van der Waals surface area contributed by atoms with Gasteiger partial charge < -0.3 is 29.9 Å². The van der Waals surface area contributed by atoms with Gasteiger partial charge in [-0.05, 0) is 54.1 Å². The number of anilines is 3. The lowest BCUT2D eigenvalue weighted by molar-refractivity contribution is 0.174. The molecule has 8 nitrogen and oxygen atoms in total. The molecule has 1 saturated heterocycles. The first kappa shape index (κ1) is 24.7. The number of ether oxygens (including phenoxy) is 2. The number of hydrogen-bond acceptors (Lipinski definition) is 6. The molecule has 2 heterocycles. The number of fused-ring (bicyclic) bond motifs is 1. The lowest BCUT2D eigenvalue weighted by Crippen LogP contribution is -2.50. The Labute approximate surface area is 216 Å². The molecule has 0 aliphatic carbocycles. The monoisotopic (exact) mass is 505 g/mol. The fourth-order valence-electron chi connectivity index (χ4n) is 4.74. The van der Waals surface area contributed by atoms with Crippen LogP contribution in [0.3, 0.4) is 0 Å². The van der Waals surface area contributed by atoms with Gasteiger partial charge in [-0.25, -0.2) is 9.18 Å². The van der Waals surface area contributed by atoms with Crippen LogP contribution < -0.4 is 29.9 Å². The van der Waals surface area contributed by atoms with Crippen LogP contribution in [-0.2, 0) is 0 Å². The second-order valence-corrected chi connectivity index (χ2v) is 9.40. The molecule has 2 aliphatic heterocycles. The number of amides is 2. The van der Waals surface area contributed by atoms with Crippen LogP contribution in [0.1, 0.15) is 11.6 Å². The second kappa shape index (κ2) is 11.0. The highest BCUT2D eigenvalue weighted by Gasteiger charge is 2.26. The first-order valence-electron chi connectivity index (χ1n) is 12.4. The summed E-state index contributed by atoms with van der Waals surface area (Å²) in [7, 11) is 4.03. The molecule has 1 unspecified atom stereocenters. The predicted octanol–water partition coefficient (Wildman–Crippen LogP) is 4.31. The van der Waals surface area contributed by atoms with Gasteiger partial charge in [0, 0.05) is 69.9 Å². The lowest BCUT2D eigenvalue weighted by Gasteiger charge is -2.40. The van der Waals surface area contributed by atoms with Gasteiger partial charge in [0.2, 0.25) is 6.79 Å². The zero-order valence-corrected chi connectivity index (χ0v) is 21.1. The molecule has 0 saturated carbocycles. The molecular weight excluding hydrogens is 473 g/mol. The maximum atomic E-state index is 13.4. The maximum absolute atomic E-state index is 13.4. The fraction of sp³-hybridized carbons (Fsp3) is 0.321. The third-order valence-corrected chi connectivity index (χ3v) is 6.83. The quantitative estimate of drug-likeness (QED) is 0.499. The summed E-state index contributed by atoms with van der Waals surface area (Å²) < 4.78 is 24.1. The van der Waals surface area contributed by atoms with Crippen LogP contribution in [0, 0.1) is 5.82 Å². The van der Waals surface area contributed by atoms with E-state index in [2.05, 4.69) is 49.6 Å². The fourth-order valence-corrected chi connectivity index (χ4v) is 4.74. The first-order chi connectivity index (χ1) is 18.0. The number of nitrogens with one attached hydrogen (secondary N) is 2. The van der Waals surface area contributed by atoms with Gasteiger partial charge in [-0.15, -0.1) is 0 Å². The van der Waals surface area contributed by atoms with Crippen LogP contribution >= 0.6 is 0 Å². The van der Waals surface area contributed by atoms with E-state index in [4.69, 9.17) is 9.47 Å². The normalized spacial score (nSPS) is 15.8. The lowest BCUT2D eigenvalue weighted by atomic mass is 10.0. The number of carbonyl (C=O) groups is 1. The molecule has 2 amide bonds. The highest BCUT2D eigenvalue weighted by molar-refractivity contribution is 5.89. The average molecular weight is 506 g/mol. The molecular formula is C28H32FN5O3. The molecule has 3 aromatic rings. The summed E-state index contributed by atoms with van der Waals surface area (Å²) in [5, 5.41) is 5.94. The van der Waals surface area contributed by atoms with Crippen LogP contribution in [0.15, 0.2) is 66.7 Å². The minimum atomic E-state index is -0.279.